The number of nitrogens with zero attached hydrogens (tertiary/aromatic N) is 1. The predicted octanol–water partition coefficient (Wildman–Crippen LogP) is 2.29. The van der Waals surface area contributed by atoms with Gasteiger partial charge < -0.3 is 15.4 Å². The SMILES string of the molecule is Nc1ccc2c(c1)N(C(=O)COCC(F)(F)F)CCS2. The van der Waals surface area contributed by atoms with Gasteiger partial charge in [-0.05, 0) is 18.2 Å². The standard InChI is InChI=1S/C12H13F3N2O2S/c13-12(14,15)7-19-6-11(18)17-3-4-20-10-2-1-8(16)5-9(10)17/h1-2,5H,3-4,6-7,16H2. The minimum Gasteiger partial charge on any atom is -0.399 e. The molecule has 4 nitrogen and oxygen atoms in total. The Kier molecular flexibility index (Phi) is 4.44. The molecule has 0 saturated heterocycles. The Labute approximate surface area is 118 Å². The van der Waals surface area contributed by atoms with Gasteiger partial charge in [-0.25, -0.2) is 0 Å². The van der Waals surface area contributed by atoms with Crippen LogP contribution in [0.4, 0.5) is 24.5 Å². The number of hydrogen-bond acceptors (Lipinski definition) is 4. The van der Waals surface area contributed by atoms with Crippen molar-refractivity contribution in [2.45, 2.75) is 11.1 Å². The summed E-state index contributed by atoms with van der Waals surface area (Å²) in [6.07, 6.45) is -4.43. The second-order valence-electron chi connectivity index (χ2n) is 4.23. The number of nitrogens with two attached hydrogens (primary N) is 1. The molecule has 20 heavy (non-hydrogen) atoms. The summed E-state index contributed by atoms with van der Waals surface area (Å²) in [6, 6.07) is 5.16. The molecular weight excluding hydrogens is 293 g/mol. The average molecular weight is 306 g/mol. The maximum absolute atomic E-state index is 12.0. The van der Waals surface area contributed by atoms with Crippen LogP contribution in [0.1, 0.15) is 0 Å². The van der Waals surface area contributed by atoms with Gasteiger partial charge in [-0.15, -0.1) is 11.8 Å². The van der Waals surface area contributed by atoms with Gasteiger partial charge in [-0.2, -0.15) is 13.2 Å². The number of nitrogen functional groups attached to an aromatic ring is 1. The lowest BCUT2D eigenvalue weighted by Gasteiger charge is -2.29. The normalized spacial score (nSPS) is 15.1. The predicted molar refractivity (Wildman–Crippen MR) is 70.8 cm³/mol. The van der Waals surface area contributed by atoms with Gasteiger partial charge in [0.2, 0.25) is 0 Å². The van der Waals surface area contributed by atoms with E-state index in [1.165, 1.54) is 4.90 Å². The average Bonchev–Trinajstić information content (AvgIpc) is 2.36. The first-order valence-electron chi connectivity index (χ1n) is 5.84. The molecule has 2 rings (SSSR count). The number of alkyl halides is 3. The number of benzene rings is 1. The Morgan fingerprint density at radius 1 is 1.45 bits per heavy atom. The fourth-order valence-corrected chi connectivity index (χ4v) is 2.80. The van der Waals surface area contributed by atoms with E-state index >= 15 is 0 Å². The quantitative estimate of drug-likeness (QED) is 0.871. The largest absolute Gasteiger partial charge is 0.411 e. The third-order valence-corrected chi connectivity index (χ3v) is 3.68. The lowest BCUT2D eigenvalue weighted by Crippen LogP contribution is -2.38. The number of carbonyl (C=O) groups is 1. The van der Waals surface area contributed by atoms with Gasteiger partial charge in [0.25, 0.3) is 5.91 Å². The van der Waals surface area contributed by atoms with Gasteiger partial charge >= 0.3 is 6.18 Å². The number of carbonyl (C=O) groups excluding carboxylic acids is 1. The third-order valence-electron chi connectivity index (χ3n) is 2.64. The summed E-state index contributed by atoms with van der Waals surface area (Å²) in [5.74, 6) is 0.184. The van der Waals surface area contributed by atoms with Gasteiger partial charge in [0.15, 0.2) is 0 Å². The number of halogens is 3. The lowest BCUT2D eigenvalue weighted by molar-refractivity contribution is -0.175. The maximum atomic E-state index is 12.0. The number of hydrogen-bond donors (Lipinski definition) is 1. The highest BCUT2D eigenvalue weighted by molar-refractivity contribution is 7.99. The second-order valence-corrected chi connectivity index (χ2v) is 5.37. The molecule has 1 aliphatic rings. The van der Waals surface area contributed by atoms with Crippen molar-refractivity contribution in [1.82, 2.24) is 0 Å². The molecule has 0 spiro atoms. The van der Waals surface area contributed by atoms with Gasteiger partial charge in [0, 0.05) is 22.9 Å². The molecular formula is C12H13F3N2O2S. The van der Waals surface area contributed by atoms with Crippen molar-refractivity contribution in [3.05, 3.63) is 18.2 Å². The summed E-state index contributed by atoms with van der Waals surface area (Å²) in [7, 11) is 0. The highest BCUT2D eigenvalue weighted by Gasteiger charge is 2.29. The minimum absolute atomic E-state index is 0.426. The van der Waals surface area contributed by atoms with Crippen LogP contribution in [0, 0.1) is 0 Å². The van der Waals surface area contributed by atoms with E-state index < -0.39 is 25.3 Å². The van der Waals surface area contributed by atoms with Crippen molar-refractivity contribution in [1.29, 1.82) is 0 Å². The molecule has 0 fully saturated rings. The molecule has 8 heteroatoms. The van der Waals surface area contributed by atoms with Gasteiger partial charge in [0.1, 0.15) is 13.2 Å². The van der Waals surface area contributed by atoms with Crippen LogP contribution in [0.2, 0.25) is 0 Å². The molecule has 0 radical (unpaired) electrons. The Hall–Kier alpha value is -1.41. The molecule has 1 aromatic carbocycles. The van der Waals surface area contributed by atoms with Crippen molar-refractivity contribution < 1.29 is 22.7 Å². The van der Waals surface area contributed by atoms with Crippen LogP contribution in [0.3, 0.4) is 0 Å². The first kappa shape index (κ1) is 15.0. The van der Waals surface area contributed by atoms with E-state index in [-0.39, 0.29) is 0 Å². The Balaban J connectivity index is 2.03. The zero-order valence-corrected chi connectivity index (χ0v) is 11.3. The minimum atomic E-state index is -4.43. The smallest absolute Gasteiger partial charge is 0.399 e. The molecule has 0 atom stereocenters. The van der Waals surface area contributed by atoms with Crippen molar-refractivity contribution in [3.8, 4) is 0 Å². The van der Waals surface area contributed by atoms with Crippen LogP contribution in [0.25, 0.3) is 0 Å². The van der Waals surface area contributed by atoms with E-state index in [9.17, 15) is 18.0 Å². The number of fused-ring (bicyclic) bond motifs is 1. The topological polar surface area (TPSA) is 55.6 Å². The van der Waals surface area contributed by atoms with Crippen molar-refractivity contribution in [3.63, 3.8) is 0 Å². The molecule has 0 unspecified atom stereocenters. The van der Waals surface area contributed by atoms with Crippen LogP contribution < -0.4 is 10.6 Å². The fraction of sp³-hybridized carbons (Fsp3) is 0.417. The number of thioether (sulfide) groups is 1. The van der Waals surface area contributed by atoms with Crippen LogP contribution in [0.15, 0.2) is 23.1 Å². The summed E-state index contributed by atoms with van der Waals surface area (Å²) in [6.45, 7) is -1.60. The summed E-state index contributed by atoms with van der Waals surface area (Å²) in [5.41, 5.74) is 6.80. The monoisotopic (exact) mass is 306 g/mol. The first-order valence-corrected chi connectivity index (χ1v) is 6.82. The zero-order chi connectivity index (χ0) is 14.8. The Bertz CT molecular complexity index is 508. The summed E-state index contributed by atoms with van der Waals surface area (Å²) < 4.78 is 40.3. The molecule has 1 aromatic rings. The van der Waals surface area contributed by atoms with Crippen molar-refractivity contribution >= 4 is 29.0 Å². The number of amides is 1. The van der Waals surface area contributed by atoms with Crippen LogP contribution in [0.5, 0.6) is 0 Å². The van der Waals surface area contributed by atoms with Gasteiger partial charge in [-0.3, -0.25) is 4.79 Å². The first-order chi connectivity index (χ1) is 9.37. The maximum Gasteiger partial charge on any atom is 0.411 e. The molecule has 1 heterocycles. The highest BCUT2D eigenvalue weighted by Crippen LogP contribution is 2.36. The van der Waals surface area contributed by atoms with Gasteiger partial charge in [-0.1, -0.05) is 0 Å². The molecule has 2 N–H and O–H groups in total. The summed E-state index contributed by atoms with van der Waals surface area (Å²) in [5, 5.41) is 0. The molecule has 0 aromatic heterocycles. The summed E-state index contributed by atoms with van der Waals surface area (Å²) in [4.78, 5) is 14.2. The van der Waals surface area contributed by atoms with E-state index in [0.717, 1.165) is 4.90 Å². The number of anilines is 2. The van der Waals surface area contributed by atoms with E-state index in [0.29, 0.717) is 23.7 Å². The fourth-order valence-electron chi connectivity index (χ4n) is 1.83. The Morgan fingerprint density at radius 2 is 2.20 bits per heavy atom. The van der Waals surface area contributed by atoms with E-state index in [4.69, 9.17) is 5.73 Å². The molecule has 1 aliphatic heterocycles. The van der Waals surface area contributed by atoms with Crippen molar-refractivity contribution in [2.24, 2.45) is 0 Å². The zero-order valence-electron chi connectivity index (χ0n) is 10.4. The Morgan fingerprint density at radius 3 is 2.90 bits per heavy atom. The van der Waals surface area contributed by atoms with E-state index in [1.54, 1.807) is 30.0 Å². The highest BCUT2D eigenvalue weighted by atomic mass is 32.2. The second kappa shape index (κ2) is 5.92. The van der Waals surface area contributed by atoms with Crippen molar-refractivity contribution in [2.75, 3.05) is 36.1 Å². The van der Waals surface area contributed by atoms with Crippen LogP contribution in [-0.4, -0.2) is 37.6 Å². The van der Waals surface area contributed by atoms with E-state index in [2.05, 4.69) is 4.74 Å². The van der Waals surface area contributed by atoms with Crippen LogP contribution in [-0.2, 0) is 9.53 Å². The van der Waals surface area contributed by atoms with Crippen LogP contribution >= 0.6 is 11.8 Å². The number of rotatable bonds is 3. The summed E-state index contributed by atoms with van der Waals surface area (Å²) >= 11 is 1.58. The molecule has 0 aliphatic carbocycles. The number of ether oxygens (including phenoxy) is 1. The lowest BCUT2D eigenvalue weighted by atomic mass is 10.2. The third kappa shape index (κ3) is 3.80. The molecule has 0 bridgehead atoms. The van der Waals surface area contributed by atoms with E-state index in [1.807, 2.05) is 0 Å². The molecule has 110 valence electrons. The van der Waals surface area contributed by atoms with Gasteiger partial charge in [0.05, 0.1) is 5.69 Å². The molecule has 1 amide bonds. The molecule has 0 saturated carbocycles.